The monoisotopic (exact) mass is 424 g/mol. The molecule has 2 aliphatic rings. The standard InChI is InChI=1S/C23H32N6O2/c1-3-4-9-25-21-20-18(26-23(24)27-21)15-29(22(20)30)14-17-8-7-16(12-19(17)31-2)13-28-10-5-6-11-28/h7-8,12H,3-6,9-11,13-15H2,1-2H3,(H3,24,25,26,27). The average molecular weight is 425 g/mol. The van der Waals surface area contributed by atoms with Crippen LogP contribution in [0.25, 0.3) is 0 Å². The van der Waals surface area contributed by atoms with Gasteiger partial charge in [0.05, 0.1) is 25.9 Å². The van der Waals surface area contributed by atoms with Crippen molar-refractivity contribution in [2.24, 2.45) is 0 Å². The number of ether oxygens (including phenoxy) is 1. The minimum absolute atomic E-state index is 0.0720. The first kappa shape index (κ1) is 21.4. The number of carbonyl (C=O) groups is 1. The van der Waals surface area contributed by atoms with Crippen LogP contribution in [0.15, 0.2) is 18.2 Å². The number of likely N-dealkylation sites (tertiary alicyclic amines) is 1. The van der Waals surface area contributed by atoms with E-state index in [0.29, 0.717) is 30.2 Å². The van der Waals surface area contributed by atoms with Gasteiger partial charge in [0.15, 0.2) is 0 Å². The largest absolute Gasteiger partial charge is 0.496 e. The van der Waals surface area contributed by atoms with Crippen molar-refractivity contribution in [2.75, 3.05) is 37.8 Å². The minimum Gasteiger partial charge on any atom is -0.496 e. The first-order chi connectivity index (χ1) is 15.1. The molecular weight excluding hydrogens is 392 g/mol. The van der Waals surface area contributed by atoms with Crippen molar-refractivity contribution in [3.8, 4) is 5.75 Å². The summed E-state index contributed by atoms with van der Waals surface area (Å²) >= 11 is 0. The molecule has 1 aromatic heterocycles. The maximum absolute atomic E-state index is 13.2. The number of aromatic nitrogens is 2. The smallest absolute Gasteiger partial charge is 0.260 e. The molecular formula is C23H32N6O2. The van der Waals surface area contributed by atoms with Gasteiger partial charge in [0.1, 0.15) is 17.1 Å². The van der Waals surface area contributed by atoms with Crippen molar-refractivity contribution in [3.05, 3.63) is 40.6 Å². The fraction of sp³-hybridized carbons (Fsp3) is 0.522. The zero-order valence-electron chi connectivity index (χ0n) is 18.5. The van der Waals surface area contributed by atoms with Gasteiger partial charge >= 0.3 is 0 Å². The van der Waals surface area contributed by atoms with E-state index in [1.807, 2.05) is 0 Å². The van der Waals surface area contributed by atoms with Crippen LogP contribution in [-0.4, -0.2) is 52.4 Å². The SMILES string of the molecule is CCCCNc1nc(N)nc2c1C(=O)N(Cc1ccc(CN3CCCC3)cc1OC)C2. The third-order valence-electron chi connectivity index (χ3n) is 5.98. The van der Waals surface area contributed by atoms with Crippen LogP contribution in [-0.2, 0) is 19.6 Å². The molecule has 1 aromatic carbocycles. The Bertz CT molecular complexity index is 942. The topological polar surface area (TPSA) is 96.6 Å². The van der Waals surface area contributed by atoms with Crippen molar-refractivity contribution in [1.82, 2.24) is 19.8 Å². The third-order valence-corrected chi connectivity index (χ3v) is 5.98. The Labute approximate surface area is 183 Å². The van der Waals surface area contributed by atoms with Gasteiger partial charge in [-0.1, -0.05) is 25.5 Å². The number of nitrogen functional groups attached to an aromatic ring is 1. The van der Waals surface area contributed by atoms with Crippen LogP contribution in [0.2, 0.25) is 0 Å². The molecule has 0 bridgehead atoms. The average Bonchev–Trinajstić information content (AvgIpc) is 3.37. The molecule has 0 unspecified atom stereocenters. The summed E-state index contributed by atoms with van der Waals surface area (Å²) in [5.41, 5.74) is 9.33. The maximum atomic E-state index is 13.2. The van der Waals surface area contributed by atoms with Gasteiger partial charge in [0.2, 0.25) is 5.95 Å². The van der Waals surface area contributed by atoms with Gasteiger partial charge in [-0.25, -0.2) is 4.98 Å². The molecule has 3 N–H and O–H groups in total. The number of rotatable bonds is 9. The number of amides is 1. The fourth-order valence-electron chi connectivity index (χ4n) is 4.34. The van der Waals surface area contributed by atoms with Crippen molar-refractivity contribution in [3.63, 3.8) is 0 Å². The highest BCUT2D eigenvalue weighted by Crippen LogP contribution is 2.31. The number of fused-ring (bicyclic) bond motifs is 1. The highest BCUT2D eigenvalue weighted by atomic mass is 16.5. The lowest BCUT2D eigenvalue weighted by atomic mass is 10.1. The summed E-state index contributed by atoms with van der Waals surface area (Å²) in [5.74, 6) is 1.47. The highest BCUT2D eigenvalue weighted by molar-refractivity contribution is 6.02. The van der Waals surface area contributed by atoms with E-state index in [1.54, 1.807) is 12.0 Å². The molecule has 31 heavy (non-hydrogen) atoms. The number of nitrogens with zero attached hydrogens (tertiary/aromatic N) is 4. The van der Waals surface area contributed by atoms with Crippen LogP contribution >= 0.6 is 0 Å². The Balaban J connectivity index is 1.50. The van der Waals surface area contributed by atoms with Crippen LogP contribution in [0.5, 0.6) is 5.75 Å². The number of nitrogens with one attached hydrogen (secondary N) is 1. The second kappa shape index (κ2) is 9.51. The number of unbranched alkanes of at least 4 members (excludes halogenated alkanes) is 1. The van der Waals surface area contributed by atoms with Gasteiger partial charge in [-0.2, -0.15) is 4.98 Å². The van der Waals surface area contributed by atoms with Crippen LogP contribution in [0.3, 0.4) is 0 Å². The number of hydrogen-bond acceptors (Lipinski definition) is 7. The third kappa shape index (κ3) is 4.74. The number of carbonyl (C=O) groups excluding carboxylic acids is 1. The molecule has 1 amide bonds. The molecule has 4 rings (SSSR count). The molecule has 0 aliphatic carbocycles. The van der Waals surface area contributed by atoms with E-state index in [9.17, 15) is 4.79 Å². The molecule has 0 spiro atoms. The predicted molar refractivity (Wildman–Crippen MR) is 121 cm³/mol. The van der Waals surface area contributed by atoms with Crippen molar-refractivity contribution in [1.29, 1.82) is 0 Å². The summed E-state index contributed by atoms with van der Waals surface area (Å²) in [5, 5.41) is 3.26. The zero-order valence-corrected chi connectivity index (χ0v) is 18.5. The summed E-state index contributed by atoms with van der Waals surface area (Å²) in [4.78, 5) is 26.0. The number of benzene rings is 1. The second-order valence-electron chi connectivity index (χ2n) is 8.32. The minimum atomic E-state index is -0.0720. The van der Waals surface area contributed by atoms with E-state index >= 15 is 0 Å². The van der Waals surface area contributed by atoms with E-state index < -0.39 is 0 Å². The lowest BCUT2D eigenvalue weighted by Gasteiger charge is -2.19. The lowest BCUT2D eigenvalue weighted by Crippen LogP contribution is -2.24. The molecule has 166 valence electrons. The molecule has 8 nitrogen and oxygen atoms in total. The molecule has 2 aliphatic heterocycles. The molecule has 0 atom stereocenters. The summed E-state index contributed by atoms with van der Waals surface area (Å²) in [6.45, 7) is 6.99. The highest BCUT2D eigenvalue weighted by Gasteiger charge is 2.33. The second-order valence-corrected chi connectivity index (χ2v) is 8.32. The Morgan fingerprint density at radius 1 is 1.19 bits per heavy atom. The van der Waals surface area contributed by atoms with E-state index in [-0.39, 0.29) is 11.9 Å². The van der Waals surface area contributed by atoms with Crippen LogP contribution < -0.4 is 15.8 Å². The summed E-state index contributed by atoms with van der Waals surface area (Å²) < 4.78 is 5.66. The quantitative estimate of drug-likeness (QED) is 0.597. The molecule has 0 radical (unpaired) electrons. The van der Waals surface area contributed by atoms with Gasteiger partial charge in [-0.15, -0.1) is 0 Å². The first-order valence-corrected chi connectivity index (χ1v) is 11.2. The van der Waals surface area contributed by atoms with Crippen LogP contribution in [0, 0.1) is 0 Å². The lowest BCUT2D eigenvalue weighted by molar-refractivity contribution is 0.0765. The van der Waals surface area contributed by atoms with E-state index in [0.717, 1.165) is 50.3 Å². The normalized spacial score (nSPS) is 16.1. The van der Waals surface area contributed by atoms with Crippen LogP contribution in [0.1, 0.15) is 59.8 Å². The molecule has 1 fully saturated rings. The molecule has 1 saturated heterocycles. The van der Waals surface area contributed by atoms with Gasteiger partial charge in [0.25, 0.3) is 5.91 Å². The molecule has 8 heteroatoms. The summed E-state index contributed by atoms with van der Waals surface area (Å²) in [6.07, 6.45) is 4.60. The van der Waals surface area contributed by atoms with Crippen LogP contribution in [0.4, 0.5) is 11.8 Å². The Morgan fingerprint density at radius 3 is 2.74 bits per heavy atom. The molecule has 0 saturated carbocycles. The predicted octanol–water partition coefficient (Wildman–Crippen LogP) is 3.03. The maximum Gasteiger partial charge on any atom is 0.260 e. The molecule has 3 heterocycles. The number of anilines is 2. The first-order valence-electron chi connectivity index (χ1n) is 11.2. The Kier molecular flexibility index (Phi) is 6.56. The van der Waals surface area contributed by atoms with Gasteiger partial charge in [0, 0.05) is 18.7 Å². The number of nitrogens with two attached hydrogens (primary N) is 1. The Morgan fingerprint density at radius 2 is 2.00 bits per heavy atom. The van der Waals surface area contributed by atoms with Gasteiger partial charge in [-0.3, -0.25) is 9.69 Å². The zero-order chi connectivity index (χ0) is 21.8. The van der Waals surface area contributed by atoms with Gasteiger partial charge < -0.3 is 20.7 Å². The molecule has 2 aromatic rings. The van der Waals surface area contributed by atoms with Crippen molar-refractivity contribution in [2.45, 2.75) is 52.2 Å². The van der Waals surface area contributed by atoms with E-state index in [1.165, 1.54) is 18.4 Å². The summed E-state index contributed by atoms with van der Waals surface area (Å²) in [7, 11) is 1.68. The fourth-order valence-corrected chi connectivity index (χ4v) is 4.34. The Hall–Kier alpha value is -2.87. The number of hydrogen-bond donors (Lipinski definition) is 2. The van der Waals surface area contributed by atoms with Crippen molar-refractivity contribution >= 4 is 17.7 Å². The van der Waals surface area contributed by atoms with E-state index in [2.05, 4.69) is 45.3 Å². The number of methoxy groups -OCH3 is 1. The van der Waals surface area contributed by atoms with Crippen molar-refractivity contribution < 1.29 is 9.53 Å². The van der Waals surface area contributed by atoms with Gasteiger partial charge in [-0.05, 0) is 44.0 Å². The summed E-state index contributed by atoms with van der Waals surface area (Å²) in [6, 6.07) is 6.30. The van der Waals surface area contributed by atoms with E-state index in [4.69, 9.17) is 10.5 Å².